The molecule has 3 aromatic rings. The average molecular weight is 518 g/mol. The number of carbonyl (C=O) groups excluding carboxylic acids is 1. The lowest BCUT2D eigenvalue weighted by atomic mass is 10.1. The number of nitrogen functional groups attached to an aromatic ring is 1. The van der Waals surface area contributed by atoms with Gasteiger partial charge in [0, 0.05) is 17.8 Å². The molecular formula is C23H28N5O5PS. The molecule has 186 valence electrons. The molecular weight excluding hydrogens is 489 g/mol. The molecule has 35 heavy (non-hydrogen) atoms. The van der Waals surface area contributed by atoms with Gasteiger partial charge in [-0.05, 0) is 38.1 Å². The van der Waals surface area contributed by atoms with Crippen molar-refractivity contribution in [2.45, 2.75) is 25.7 Å². The number of amides is 1. The van der Waals surface area contributed by atoms with E-state index in [2.05, 4.69) is 20.4 Å². The Labute approximate surface area is 204 Å². The van der Waals surface area contributed by atoms with E-state index >= 15 is 0 Å². The summed E-state index contributed by atoms with van der Waals surface area (Å²) >= 11 is 0. The molecule has 0 fully saturated rings. The molecule has 1 unspecified atom stereocenters. The van der Waals surface area contributed by atoms with Crippen molar-refractivity contribution in [3.05, 3.63) is 66.0 Å². The van der Waals surface area contributed by atoms with Crippen LogP contribution in [0.5, 0.6) is 0 Å². The van der Waals surface area contributed by atoms with Gasteiger partial charge >= 0.3 is 0 Å². The number of nitrogens with one attached hydrogen (secondary N) is 2. The topological polar surface area (TPSA) is 153 Å². The normalized spacial score (nSPS) is 13.2. The van der Waals surface area contributed by atoms with Gasteiger partial charge in [0.15, 0.2) is 21.3 Å². The van der Waals surface area contributed by atoms with Crippen molar-refractivity contribution in [2.24, 2.45) is 0 Å². The highest BCUT2D eigenvalue weighted by Crippen LogP contribution is 2.44. The Bertz CT molecular complexity index is 1340. The number of carbonyl (C=O) groups is 1. The number of hydrogen-bond donors (Lipinski definition) is 3. The Balaban J connectivity index is 1.77. The Morgan fingerprint density at radius 3 is 2.34 bits per heavy atom. The quantitative estimate of drug-likeness (QED) is 0.340. The van der Waals surface area contributed by atoms with Gasteiger partial charge in [-0.3, -0.25) is 9.36 Å². The fraction of sp³-hybridized carbons (Fsp3) is 0.261. The molecule has 0 radical (unpaired) electrons. The maximum Gasteiger partial charge on any atom is 0.285 e. The van der Waals surface area contributed by atoms with Gasteiger partial charge in [-0.1, -0.05) is 36.8 Å². The molecule has 10 nitrogen and oxygen atoms in total. The van der Waals surface area contributed by atoms with Crippen LogP contribution in [0, 0.1) is 6.92 Å². The van der Waals surface area contributed by atoms with Crippen molar-refractivity contribution in [2.75, 3.05) is 29.7 Å². The average Bonchev–Trinajstić information content (AvgIpc) is 2.80. The van der Waals surface area contributed by atoms with E-state index in [9.17, 15) is 17.8 Å². The molecule has 2 aromatic carbocycles. The number of rotatable bonds is 10. The smallest absolute Gasteiger partial charge is 0.285 e. The van der Waals surface area contributed by atoms with Crippen LogP contribution in [-0.2, 0) is 18.9 Å². The first-order valence-electron chi connectivity index (χ1n) is 10.9. The van der Waals surface area contributed by atoms with Gasteiger partial charge in [0.05, 0.1) is 23.4 Å². The maximum atomic E-state index is 12.8. The highest BCUT2D eigenvalue weighted by atomic mass is 32.2. The molecule has 1 heterocycles. The molecule has 0 bridgehead atoms. The standard InChI is InChI=1S/C23H28N5O5PS/c1-4-26-34(30,33-5-2)15-35(31,32)19-12-10-18(11-13-19)27-23(29)21-22(24)25-14-20(28-21)17-8-6-16(3)7-9-17/h6-14H,4-5,15H2,1-3H3,(H2,24,25)(H,26,30)(H,27,29). The van der Waals surface area contributed by atoms with Gasteiger partial charge in [0.1, 0.15) is 5.49 Å². The zero-order valence-electron chi connectivity index (χ0n) is 19.7. The molecule has 1 amide bonds. The zero-order chi connectivity index (χ0) is 25.6. The lowest BCUT2D eigenvalue weighted by molar-refractivity contribution is 0.102. The summed E-state index contributed by atoms with van der Waals surface area (Å²) in [6.07, 6.45) is 1.49. The van der Waals surface area contributed by atoms with E-state index in [1.165, 1.54) is 30.5 Å². The van der Waals surface area contributed by atoms with Crippen LogP contribution in [0.25, 0.3) is 11.3 Å². The fourth-order valence-corrected chi connectivity index (χ4v) is 7.83. The second-order valence-electron chi connectivity index (χ2n) is 7.68. The van der Waals surface area contributed by atoms with Gasteiger partial charge in [0.25, 0.3) is 13.4 Å². The van der Waals surface area contributed by atoms with Crippen LogP contribution in [0.2, 0.25) is 0 Å². The fourth-order valence-electron chi connectivity index (χ4n) is 3.24. The van der Waals surface area contributed by atoms with Crippen LogP contribution in [0.3, 0.4) is 0 Å². The largest absolute Gasteiger partial charge is 0.382 e. The first-order valence-corrected chi connectivity index (χ1v) is 14.4. The number of aromatic nitrogens is 2. The highest BCUT2D eigenvalue weighted by molar-refractivity contribution is 7.98. The summed E-state index contributed by atoms with van der Waals surface area (Å²) in [4.78, 5) is 21.2. The first-order chi connectivity index (χ1) is 16.6. The van der Waals surface area contributed by atoms with E-state index in [0.29, 0.717) is 17.9 Å². The molecule has 12 heteroatoms. The van der Waals surface area contributed by atoms with Gasteiger partial charge < -0.3 is 15.6 Å². The van der Waals surface area contributed by atoms with Crippen LogP contribution in [0.4, 0.5) is 11.5 Å². The third-order valence-corrected chi connectivity index (χ3v) is 10.1. The summed E-state index contributed by atoms with van der Waals surface area (Å²) in [5.41, 5.74) is 7.84. The Morgan fingerprint density at radius 2 is 1.74 bits per heavy atom. The van der Waals surface area contributed by atoms with Crippen LogP contribution < -0.4 is 16.1 Å². The van der Waals surface area contributed by atoms with Crippen molar-refractivity contribution in [3.63, 3.8) is 0 Å². The number of aryl methyl sites for hydroxylation is 1. The van der Waals surface area contributed by atoms with Gasteiger partial charge in [0.2, 0.25) is 0 Å². The van der Waals surface area contributed by atoms with E-state index in [0.717, 1.165) is 11.1 Å². The third-order valence-electron chi connectivity index (χ3n) is 4.91. The lowest BCUT2D eigenvalue weighted by Gasteiger charge is -2.18. The number of sulfone groups is 1. The minimum absolute atomic E-state index is 0.0346. The monoisotopic (exact) mass is 517 g/mol. The molecule has 0 saturated carbocycles. The minimum Gasteiger partial charge on any atom is -0.382 e. The number of nitrogens with two attached hydrogens (primary N) is 1. The molecule has 0 aliphatic heterocycles. The van der Waals surface area contributed by atoms with Crippen LogP contribution in [-0.4, -0.2) is 42.9 Å². The van der Waals surface area contributed by atoms with E-state index in [-0.39, 0.29) is 23.0 Å². The summed E-state index contributed by atoms with van der Waals surface area (Å²) in [5.74, 6) is -0.625. The Kier molecular flexibility index (Phi) is 8.39. The van der Waals surface area contributed by atoms with Gasteiger partial charge in [-0.2, -0.15) is 0 Å². The molecule has 3 rings (SSSR count). The van der Waals surface area contributed by atoms with Crippen molar-refractivity contribution >= 4 is 34.8 Å². The van der Waals surface area contributed by atoms with Crippen molar-refractivity contribution in [1.29, 1.82) is 0 Å². The number of nitrogens with zero attached hydrogens (tertiary/aromatic N) is 2. The first kappa shape index (κ1) is 26.5. The van der Waals surface area contributed by atoms with E-state index in [1.54, 1.807) is 13.8 Å². The summed E-state index contributed by atoms with van der Waals surface area (Å²) in [5, 5.41) is 5.28. The lowest BCUT2D eigenvalue weighted by Crippen LogP contribution is -2.20. The van der Waals surface area contributed by atoms with Crippen LogP contribution in [0.15, 0.2) is 59.6 Å². The molecule has 1 aromatic heterocycles. The van der Waals surface area contributed by atoms with E-state index in [4.69, 9.17) is 10.3 Å². The van der Waals surface area contributed by atoms with Crippen molar-refractivity contribution in [1.82, 2.24) is 15.1 Å². The highest BCUT2D eigenvalue weighted by Gasteiger charge is 2.31. The molecule has 1 atom stereocenters. The second-order valence-corrected chi connectivity index (χ2v) is 12.3. The summed E-state index contributed by atoms with van der Waals surface area (Å²) in [6.45, 7) is 5.73. The van der Waals surface area contributed by atoms with Crippen LogP contribution >= 0.6 is 7.52 Å². The second kappa shape index (κ2) is 11.1. The molecule has 0 aliphatic carbocycles. The van der Waals surface area contributed by atoms with Gasteiger partial charge in [-0.25, -0.2) is 23.5 Å². The molecule has 0 saturated heterocycles. The van der Waals surface area contributed by atoms with E-state index in [1.807, 2.05) is 31.2 Å². The number of anilines is 2. The molecule has 4 N–H and O–H groups in total. The summed E-state index contributed by atoms with van der Waals surface area (Å²) in [7, 11) is -7.47. The Morgan fingerprint density at radius 1 is 1.09 bits per heavy atom. The predicted octanol–water partition coefficient (Wildman–Crippen LogP) is 3.86. The van der Waals surface area contributed by atoms with E-state index < -0.39 is 28.8 Å². The zero-order valence-corrected chi connectivity index (χ0v) is 21.4. The predicted molar refractivity (Wildman–Crippen MR) is 136 cm³/mol. The minimum atomic E-state index is -3.91. The molecule has 0 spiro atoms. The van der Waals surface area contributed by atoms with Crippen molar-refractivity contribution < 1.29 is 22.3 Å². The van der Waals surface area contributed by atoms with Gasteiger partial charge in [-0.15, -0.1) is 0 Å². The number of hydrogen-bond acceptors (Lipinski definition) is 8. The molecule has 0 aliphatic rings. The SMILES string of the molecule is CCNP(=O)(CS(=O)(=O)c1ccc(NC(=O)c2nc(-c3ccc(C)cc3)cnc2N)cc1)OCC. The number of benzene rings is 2. The van der Waals surface area contributed by atoms with Crippen molar-refractivity contribution in [3.8, 4) is 11.3 Å². The summed E-state index contributed by atoms with van der Waals surface area (Å²) in [6, 6.07) is 13.1. The third kappa shape index (κ3) is 6.73. The Hall–Kier alpha value is -3.11. The summed E-state index contributed by atoms with van der Waals surface area (Å²) < 4.78 is 43.5. The maximum absolute atomic E-state index is 12.8. The van der Waals surface area contributed by atoms with Crippen LogP contribution in [0.1, 0.15) is 29.9 Å².